The molecule has 0 unspecified atom stereocenters. The monoisotopic (exact) mass is 457 g/mol. The van der Waals surface area contributed by atoms with Crippen LogP contribution in [0.5, 0.6) is 5.75 Å². The SMILES string of the molecule is COc1ccc(NC(=O)CN(Cc2ccccc2)C(=O)CN2C(=O)C(=O)c3ccccc32)cc1. The Kier molecular flexibility index (Phi) is 6.68. The number of carbonyl (C=O) groups is 4. The van der Waals surface area contributed by atoms with E-state index in [0.717, 1.165) is 5.56 Å². The third kappa shape index (κ3) is 4.96. The quantitative estimate of drug-likeness (QED) is 0.525. The summed E-state index contributed by atoms with van der Waals surface area (Å²) in [5.41, 5.74) is 2.06. The maximum Gasteiger partial charge on any atom is 0.299 e. The zero-order valence-electron chi connectivity index (χ0n) is 18.6. The number of benzene rings is 3. The van der Waals surface area contributed by atoms with E-state index in [4.69, 9.17) is 4.74 Å². The van der Waals surface area contributed by atoms with Crippen molar-refractivity contribution in [3.8, 4) is 5.75 Å². The number of nitrogens with one attached hydrogen (secondary N) is 1. The number of anilines is 2. The van der Waals surface area contributed by atoms with E-state index < -0.39 is 23.5 Å². The van der Waals surface area contributed by atoms with Crippen LogP contribution in [0.25, 0.3) is 0 Å². The molecule has 34 heavy (non-hydrogen) atoms. The highest BCUT2D eigenvalue weighted by atomic mass is 16.5. The van der Waals surface area contributed by atoms with Gasteiger partial charge in [0.2, 0.25) is 11.8 Å². The molecule has 0 spiro atoms. The average molecular weight is 457 g/mol. The number of amides is 3. The molecule has 1 aliphatic heterocycles. The first-order chi connectivity index (χ1) is 16.5. The van der Waals surface area contributed by atoms with Gasteiger partial charge < -0.3 is 15.0 Å². The van der Waals surface area contributed by atoms with Crippen LogP contribution in [0.3, 0.4) is 0 Å². The number of fused-ring (bicyclic) bond motifs is 1. The third-order valence-corrected chi connectivity index (χ3v) is 5.45. The Morgan fingerprint density at radius 2 is 1.59 bits per heavy atom. The Morgan fingerprint density at radius 3 is 2.29 bits per heavy atom. The number of carbonyl (C=O) groups excluding carboxylic acids is 4. The highest BCUT2D eigenvalue weighted by Gasteiger charge is 2.37. The van der Waals surface area contributed by atoms with E-state index in [1.165, 1.54) is 9.80 Å². The fourth-order valence-corrected chi connectivity index (χ4v) is 3.72. The molecule has 0 aliphatic carbocycles. The van der Waals surface area contributed by atoms with Gasteiger partial charge in [-0.15, -0.1) is 0 Å². The molecule has 3 aromatic carbocycles. The Hall–Kier alpha value is -4.46. The smallest absolute Gasteiger partial charge is 0.299 e. The fraction of sp³-hybridized carbons (Fsp3) is 0.154. The summed E-state index contributed by atoms with van der Waals surface area (Å²) < 4.78 is 5.12. The summed E-state index contributed by atoms with van der Waals surface area (Å²) in [6, 6.07) is 22.6. The molecule has 8 nitrogen and oxygen atoms in total. The zero-order valence-corrected chi connectivity index (χ0v) is 18.6. The van der Waals surface area contributed by atoms with Gasteiger partial charge >= 0.3 is 0 Å². The summed E-state index contributed by atoms with van der Waals surface area (Å²) >= 11 is 0. The van der Waals surface area contributed by atoms with Crippen molar-refractivity contribution < 1.29 is 23.9 Å². The van der Waals surface area contributed by atoms with Gasteiger partial charge in [0.05, 0.1) is 18.4 Å². The second kappa shape index (κ2) is 9.99. The second-order valence-corrected chi connectivity index (χ2v) is 7.75. The van der Waals surface area contributed by atoms with Crippen molar-refractivity contribution in [2.24, 2.45) is 0 Å². The fourth-order valence-electron chi connectivity index (χ4n) is 3.72. The molecule has 0 atom stereocenters. The summed E-state index contributed by atoms with van der Waals surface area (Å²) in [7, 11) is 1.55. The van der Waals surface area contributed by atoms with Gasteiger partial charge in [0.15, 0.2) is 0 Å². The molecule has 172 valence electrons. The molecule has 0 aromatic heterocycles. The molecule has 3 aromatic rings. The molecule has 0 saturated heterocycles. The summed E-state index contributed by atoms with van der Waals surface area (Å²) in [5.74, 6) is -1.58. The number of ketones is 1. The first kappa shape index (κ1) is 22.7. The van der Waals surface area contributed by atoms with Gasteiger partial charge in [0, 0.05) is 12.2 Å². The van der Waals surface area contributed by atoms with Crippen LogP contribution in [0.1, 0.15) is 15.9 Å². The van der Waals surface area contributed by atoms with Gasteiger partial charge in [-0.2, -0.15) is 0 Å². The number of Topliss-reactive ketones (excluding diaryl/α,β-unsaturated/α-hetero) is 1. The lowest BCUT2D eigenvalue weighted by Crippen LogP contribution is -2.45. The second-order valence-electron chi connectivity index (χ2n) is 7.75. The average Bonchev–Trinajstić information content (AvgIpc) is 3.09. The number of methoxy groups -OCH3 is 1. The molecule has 0 bridgehead atoms. The minimum Gasteiger partial charge on any atom is -0.497 e. The predicted octanol–water partition coefficient (Wildman–Crippen LogP) is 2.89. The van der Waals surface area contributed by atoms with Crippen molar-refractivity contribution in [3.05, 3.63) is 90.0 Å². The van der Waals surface area contributed by atoms with E-state index in [0.29, 0.717) is 17.1 Å². The van der Waals surface area contributed by atoms with Crippen molar-refractivity contribution in [2.75, 3.05) is 30.4 Å². The van der Waals surface area contributed by atoms with Crippen LogP contribution >= 0.6 is 0 Å². The minimum absolute atomic E-state index is 0.174. The summed E-state index contributed by atoms with van der Waals surface area (Å²) in [6.45, 7) is -0.394. The van der Waals surface area contributed by atoms with Gasteiger partial charge in [-0.3, -0.25) is 24.1 Å². The van der Waals surface area contributed by atoms with E-state index in [1.807, 2.05) is 30.3 Å². The largest absolute Gasteiger partial charge is 0.497 e. The maximum absolute atomic E-state index is 13.3. The number of rotatable bonds is 8. The Bertz CT molecular complexity index is 1220. The summed E-state index contributed by atoms with van der Waals surface area (Å²) in [4.78, 5) is 53.3. The molecule has 3 amide bonds. The van der Waals surface area contributed by atoms with E-state index in [-0.39, 0.29) is 25.2 Å². The van der Waals surface area contributed by atoms with E-state index in [2.05, 4.69) is 5.32 Å². The van der Waals surface area contributed by atoms with Gasteiger partial charge in [-0.1, -0.05) is 42.5 Å². The van der Waals surface area contributed by atoms with Gasteiger partial charge in [0.25, 0.3) is 11.7 Å². The van der Waals surface area contributed by atoms with Gasteiger partial charge in [0.1, 0.15) is 18.8 Å². The first-order valence-corrected chi connectivity index (χ1v) is 10.7. The normalized spacial score (nSPS) is 12.3. The summed E-state index contributed by atoms with van der Waals surface area (Å²) in [5, 5.41) is 2.77. The molecule has 0 saturated carbocycles. The van der Waals surface area contributed by atoms with Crippen LogP contribution in [0.15, 0.2) is 78.9 Å². The molecule has 1 N–H and O–H groups in total. The lowest BCUT2D eigenvalue weighted by Gasteiger charge is -2.25. The molecule has 4 rings (SSSR count). The zero-order chi connectivity index (χ0) is 24.1. The number of hydrogen-bond donors (Lipinski definition) is 1. The van der Waals surface area contributed by atoms with Crippen LogP contribution in [0.2, 0.25) is 0 Å². The van der Waals surface area contributed by atoms with E-state index in [9.17, 15) is 19.2 Å². The highest BCUT2D eigenvalue weighted by molar-refractivity contribution is 6.52. The number of para-hydroxylation sites is 1. The highest BCUT2D eigenvalue weighted by Crippen LogP contribution is 2.28. The molecule has 0 radical (unpaired) electrons. The first-order valence-electron chi connectivity index (χ1n) is 10.7. The van der Waals surface area contributed by atoms with Crippen molar-refractivity contribution in [3.63, 3.8) is 0 Å². The van der Waals surface area contributed by atoms with Crippen molar-refractivity contribution >= 4 is 34.9 Å². The lowest BCUT2D eigenvalue weighted by atomic mass is 10.1. The number of nitrogens with zero attached hydrogens (tertiary/aromatic N) is 2. The molecular weight excluding hydrogens is 434 g/mol. The topological polar surface area (TPSA) is 96.0 Å². The van der Waals surface area contributed by atoms with E-state index >= 15 is 0 Å². The van der Waals surface area contributed by atoms with Gasteiger partial charge in [-0.25, -0.2) is 0 Å². The standard InChI is InChI=1S/C26H23N3O5/c1-34-20-13-11-19(12-14-20)27-23(30)16-28(15-18-7-3-2-4-8-18)24(31)17-29-22-10-6-5-9-21(22)25(32)26(29)33/h2-14H,15-17H2,1H3,(H,27,30). The molecule has 0 fully saturated rings. The van der Waals surface area contributed by atoms with Crippen molar-refractivity contribution in [1.82, 2.24) is 4.90 Å². The van der Waals surface area contributed by atoms with Crippen LogP contribution in [0.4, 0.5) is 11.4 Å². The van der Waals surface area contributed by atoms with Crippen LogP contribution in [-0.4, -0.2) is 48.6 Å². The Morgan fingerprint density at radius 1 is 0.912 bits per heavy atom. The molecule has 8 heteroatoms. The summed E-state index contributed by atoms with van der Waals surface area (Å²) in [6.07, 6.45) is 0. The Balaban J connectivity index is 1.51. The van der Waals surface area contributed by atoms with Crippen molar-refractivity contribution in [2.45, 2.75) is 6.54 Å². The molecular formula is C26H23N3O5. The maximum atomic E-state index is 13.3. The van der Waals surface area contributed by atoms with Crippen LogP contribution in [0, 0.1) is 0 Å². The minimum atomic E-state index is -0.753. The van der Waals surface area contributed by atoms with Crippen molar-refractivity contribution in [1.29, 1.82) is 0 Å². The van der Waals surface area contributed by atoms with Gasteiger partial charge in [-0.05, 0) is 42.0 Å². The van der Waals surface area contributed by atoms with Crippen LogP contribution in [-0.2, 0) is 20.9 Å². The van der Waals surface area contributed by atoms with E-state index in [1.54, 1.807) is 55.6 Å². The predicted molar refractivity (Wildman–Crippen MR) is 127 cm³/mol. The third-order valence-electron chi connectivity index (χ3n) is 5.45. The lowest BCUT2D eigenvalue weighted by molar-refractivity contribution is -0.134. The number of hydrogen-bond acceptors (Lipinski definition) is 5. The van der Waals surface area contributed by atoms with Crippen LogP contribution < -0.4 is 15.0 Å². The number of ether oxygens (including phenoxy) is 1. The molecule has 1 aliphatic rings. The molecule has 1 heterocycles. The Labute approximate surface area is 196 Å².